The lowest BCUT2D eigenvalue weighted by Crippen LogP contribution is -2.22. The topological polar surface area (TPSA) is 60.7 Å². The maximum Gasteiger partial charge on any atom is 0.270 e. The molecule has 0 fully saturated rings. The highest BCUT2D eigenvalue weighted by molar-refractivity contribution is 5.70. The molecule has 0 saturated heterocycles. The molecule has 0 amide bonds. The van der Waals surface area contributed by atoms with Crippen molar-refractivity contribution in [2.24, 2.45) is 0 Å². The van der Waals surface area contributed by atoms with Gasteiger partial charge < -0.3 is 0 Å². The second-order valence-electron chi connectivity index (χ2n) is 6.70. The highest BCUT2D eigenvalue weighted by atomic mass is 19.1. The second-order valence-corrected chi connectivity index (χ2v) is 6.70. The van der Waals surface area contributed by atoms with E-state index in [1.807, 2.05) is 18.2 Å². The summed E-state index contributed by atoms with van der Waals surface area (Å²) in [6.07, 6.45) is 9.53. The van der Waals surface area contributed by atoms with E-state index in [0.29, 0.717) is 16.7 Å². The van der Waals surface area contributed by atoms with Gasteiger partial charge in [0.25, 0.3) is 5.56 Å². The molecule has 0 atom stereocenters. The predicted octanol–water partition coefficient (Wildman–Crippen LogP) is 3.61. The average Bonchev–Trinajstić information content (AvgIpc) is 3.19. The molecule has 136 valence electrons. The number of hydrogen-bond donors (Lipinski definition) is 0. The van der Waals surface area contributed by atoms with Crippen LogP contribution in [0.15, 0.2) is 65.9 Å². The first-order valence-corrected chi connectivity index (χ1v) is 8.94. The van der Waals surface area contributed by atoms with E-state index in [2.05, 4.69) is 21.0 Å². The zero-order valence-electron chi connectivity index (χ0n) is 14.8. The summed E-state index contributed by atoms with van der Waals surface area (Å²) in [4.78, 5) is 25.0. The van der Waals surface area contributed by atoms with E-state index < -0.39 is 0 Å². The van der Waals surface area contributed by atoms with E-state index in [1.54, 1.807) is 30.6 Å². The fraction of sp³-hybridized carbons (Fsp3) is 0.0909. The van der Waals surface area contributed by atoms with Gasteiger partial charge in [0, 0.05) is 29.9 Å². The summed E-state index contributed by atoms with van der Waals surface area (Å²) in [6.45, 7) is 0.0894. The van der Waals surface area contributed by atoms with Gasteiger partial charge in [0.15, 0.2) is 5.65 Å². The number of halogens is 1. The Kier molecular flexibility index (Phi) is 3.83. The van der Waals surface area contributed by atoms with Crippen molar-refractivity contribution in [1.82, 2.24) is 19.5 Å². The molecule has 5 rings (SSSR count). The standard InChI is InChI=1S/C22H15FN4O/c23-18-10-14(17-9-15-3-1-4-19(15)25-11-17)6-7-16(18)13-27-21(28)12-26-20-5-2-8-24-22(20)27/h1-3,5-12H,4,13H2. The van der Waals surface area contributed by atoms with Gasteiger partial charge in [-0.25, -0.2) is 14.4 Å². The quantitative estimate of drug-likeness (QED) is 0.553. The smallest absolute Gasteiger partial charge is 0.270 e. The summed E-state index contributed by atoms with van der Waals surface area (Å²) in [6, 6.07) is 10.6. The second kappa shape index (κ2) is 6.49. The van der Waals surface area contributed by atoms with E-state index in [0.717, 1.165) is 28.8 Å². The van der Waals surface area contributed by atoms with E-state index in [4.69, 9.17) is 0 Å². The summed E-state index contributed by atoms with van der Waals surface area (Å²) in [5.74, 6) is -0.374. The van der Waals surface area contributed by atoms with Crippen molar-refractivity contribution >= 4 is 17.2 Å². The minimum atomic E-state index is -0.374. The number of benzene rings is 1. The first-order chi connectivity index (χ1) is 13.7. The fourth-order valence-electron chi connectivity index (χ4n) is 3.45. The highest BCUT2D eigenvalue weighted by Crippen LogP contribution is 2.26. The van der Waals surface area contributed by atoms with Crippen molar-refractivity contribution in [2.45, 2.75) is 13.0 Å². The van der Waals surface area contributed by atoms with Crippen molar-refractivity contribution in [1.29, 1.82) is 0 Å². The van der Waals surface area contributed by atoms with E-state index >= 15 is 0 Å². The first kappa shape index (κ1) is 16.5. The van der Waals surface area contributed by atoms with Gasteiger partial charge in [-0.3, -0.25) is 14.3 Å². The molecule has 0 radical (unpaired) electrons. The number of rotatable bonds is 3. The van der Waals surface area contributed by atoms with Crippen molar-refractivity contribution in [3.8, 4) is 11.1 Å². The van der Waals surface area contributed by atoms with Crippen LogP contribution in [0.4, 0.5) is 4.39 Å². The predicted molar refractivity (Wildman–Crippen MR) is 105 cm³/mol. The maximum atomic E-state index is 14.8. The summed E-state index contributed by atoms with van der Waals surface area (Å²) in [5, 5.41) is 0. The van der Waals surface area contributed by atoms with Crippen LogP contribution in [0.2, 0.25) is 0 Å². The Balaban J connectivity index is 1.52. The van der Waals surface area contributed by atoms with E-state index in [-0.39, 0.29) is 17.9 Å². The minimum Gasteiger partial charge on any atom is -0.285 e. The van der Waals surface area contributed by atoms with Crippen LogP contribution in [-0.4, -0.2) is 19.5 Å². The first-order valence-electron chi connectivity index (χ1n) is 8.94. The van der Waals surface area contributed by atoms with Crippen LogP contribution in [0.25, 0.3) is 28.4 Å². The number of aromatic nitrogens is 4. The van der Waals surface area contributed by atoms with Gasteiger partial charge in [-0.05, 0) is 35.4 Å². The molecule has 0 unspecified atom stereocenters. The number of nitrogens with zero attached hydrogens (tertiary/aromatic N) is 4. The molecule has 0 saturated carbocycles. The lowest BCUT2D eigenvalue weighted by atomic mass is 10.0. The van der Waals surface area contributed by atoms with Crippen molar-refractivity contribution in [3.05, 3.63) is 94.1 Å². The maximum absolute atomic E-state index is 14.8. The lowest BCUT2D eigenvalue weighted by Gasteiger charge is -2.11. The molecule has 0 aliphatic heterocycles. The van der Waals surface area contributed by atoms with Crippen LogP contribution in [0.5, 0.6) is 0 Å². The van der Waals surface area contributed by atoms with Crippen molar-refractivity contribution < 1.29 is 4.39 Å². The Labute approximate surface area is 159 Å². The van der Waals surface area contributed by atoms with Gasteiger partial charge in [-0.2, -0.15) is 0 Å². The zero-order valence-corrected chi connectivity index (χ0v) is 14.8. The van der Waals surface area contributed by atoms with Crippen molar-refractivity contribution in [2.75, 3.05) is 0 Å². The Morgan fingerprint density at radius 2 is 1.96 bits per heavy atom. The Morgan fingerprint density at radius 3 is 2.86 bits per heavy atom. The molecule has 3 heterocycles. The lowest BCUT2D eigenvalue weighted by molar-refractivity contribution is 0.599. The zero-order chi connectivity index (χ0) is 19.1. The van der Waals surface area contributed by atoms with Crippen molar-refractivity contribution in [3.63, 3.8) is 0 Å². The van der Waals surface area contributed by atoms with Gasteiger partial charge in [0.05, 0.1) is 18.4 Å². The molecule has 1 aliphatic carbocycles. The summed E-state index contributed by atoms with van der Waals surface area (Å²) >= 11 is 0. The third kappa shape index (κ3) is 2.79. The van der Waals surface area contributed by atoms with Crippen LogP contribution in [0.1, 0.15) is 16.8 Å². The molecule has 0 bridgehead atoms. The normalized spacial score (nSPS) is 12.5. The Hall–Kier alpha value is -3.67. The third-order valence-electron chi connectivity index (χ3n) is 4.93. The molecule has 4 aromatic rings. The molecule has 0 N–H and O–H groups in total. The Bertz CT molecular complexity index is 1310. The van der Waals surface area contributed by atoms with Crippen LogP contribution in [-0.2, 0) is 13.0 Å². The van der Waals surface area contributed by atoms with Gasteiger partial charge in [-0.1, -0.05) is 24.3 Å². The molecular weight excluding hydrogens is 355 g/mol. The average molecular weight is 370 g/mol. The molecule has 1 aromatic carbocycles. The number of hydrogen-bond acceptors (Lipinski definition) is 4. The van der Waals surface area contributed by atoms with Crippen LogP contribution in [0.3, 0.4) is 0 Å². The monoisotopic (exact) mass is 370 g/mol. The molecule has 6 heteroatoms. The molecule has 1 aliphatic rings. The SMILES string of the molecule is O=c1cnc2cccnc2n1Cc1ccc(-c2cnc3c(c2)C=CC3)cc1F. The summed E-state index contributed by atoms with van der Waals surface area (Å²) < 4.78 is 16.3. The largest absolute Gasteiger partial charge is 0.285 e. The number of allylic oxidation sites excluding steroid dienone is 1. The van der Waals surface area contributed by atoms with Crippen LogP contribution < -0.4 is 5.56 Å². The number of pyridine rings is 2. The number of fused-ring (bicyclic) bond motifs is 2. The van der Waals surface area contributed by atoms with Crippen LogP contribution in [0, 0.1) is 5.82 Å². The van der Waals surface area contributed by atoms with E-state index in [9.17, 15) is 9.18 Å². The van der Waals surface area contributed by atoms with E-state index in [1.165, 1.54) is 16.8 Å². The van der Waals surface area contributed by atoms with Crippen LogP contribution >= 0.6 is 0 Å². The molecular formula is C22H15FN4O. The third-order valence-corrected chi connectivity index (χ3v) is 4.93. The highest BCUT2D eigenvalue weighted by Gasteiger charge is 2.12. The molecule has 28 heavy (non-hydrogen) atoms. The Morgan fingerprint density at radius 1 is 1.04 bits per heavy atom. The molecule has 0 spiro atoms. The minimum absolute atomic E-state index is 0.0894. The van der Waals surface area contributed by atoms with Gasteiger partial charge in [0.1, 0.15) is 11.3 Å². The fourth-order valence-corrected chi connectivity index (χ4v) is 3.45. The van der Waals surface area contributed by atoms with Gasteiger partial charge in [0.2, 0.25) is 0 Å². The summed E-state index contributed by atoms with van der Waals surface area (Å²) in [7, 11) is 0. The van der Waals surface area contributed by atoms with Gasteiger partial charge in [-0.15, -0.1) is 0 Å². The van der Waals surface area contributed by atoms with Gasteiger partial charge >= 0.3 is 0 Å². The molecule has 5 nitrogen and oxygen atoms in total. The summed E-state index contributed by atoms with van der Waals surface area (Å²) in [5.41, 5.74) is 4.86. The molecule has 3 aromatic heterocycles.